The molecule has 0 radical (unpaired) electrons. The van der Waals surface area contributed by atoms with Gasteiger partial charge < -0.3 is 10.6 Å². The van der Waals surface area contributed by atoms with E-state index in [0.717, 1.165) is 27.3 Å². The van der Waals surface area contributed by atoms with Crippen LogP contribution in [0.1, 0.15) is 22.4 Å². The molecule has 2 aromatic carbocycles. The lowest BCUT2D eigenvalue weighted by atomic mass is 10.1. The monoisotopic (exact) mass is 444 g/mol. The number of benzene rings is 2. The molecule has 0 aliphatic carbocycles. The Bertz CT molecular complexity index is 1340. The molecule has 0 saturated heterocycles. The zero-order chi connectivity index (χ0) is 22.7. The number of carbonyl (C=O) groups is 1. The Balaban J connectivity index is 1.48. The van der Waals surface area contributed by atoms with E-state index in [1.54, 1.807) is 16.7 Å². The van der Waals surface area contributed by atoms with Gasteiger partial charge in [-0.3, -0.25) is 9.20 Å². The summed E-state index contributed by atoms with van der Waals surface area (Å²) in [5.41, 5.74) is 5.84. The van der Waals surface area contributed by atoms with Crippen LogP contribution in [-0.2, 0) is 5.75 Å². The van der Waals surface area contributed by atoms with E-state index in [1.807, 2.05) is 69.3 Å². The van der Waals surface area contributed by atoms with Gasteiger partial charge in [0.15, 0.2) is 0 Å². The van der Waals surface area contributed by atoms with Crippen molar-refractivity contribution in [3.63, 3.8) is 0 Å². The summed E-state index contributed by atoms with van der Waals surface area (Å²) in [6.07, 6.45) is 1.79. The molecule has 2 aromatic heterocycles. The number of aryl methyl sites for hydroxylation is 3. The summed E-state index contributed by atoms with van der Waals surface area (Å²) in [6.45, 7) is 5.93. The average molecular weight is 445 g/mol. The van der Waals surface area contributed by atoms with Crippen LogP contribution >= 0.6 is 11.8 Å². The number of nitrogens with zero attached hydrogens (tertiary/aromatic N) is 2. The van der Waals surface area contributed by atoms with Crippen LogP contribution in [0.3, 0.4) is 0 Å². The van der Waals surface area contributed by atoms with Gasteiger partial charge in [0.25, 0.3) is 5.56 Å². The molecule has 0 aliphatic rings. The van der Waals surface area contributed by atoms with Crippen LogP contribution in [0, 0.1) is 20.8 Å². The molecular weight excluding hydrogens is 420 g/mol. The van der Waals surface area contributed by atoms with Gasteiger partial charge in [0.2, 0.25) is 0 Å². The fraction of sp³-hybridized carbons (Fsp3) is 0.160. The molecule has 7 heteroatoms. The summed E-state index contributed by atoms with van der Waals surface area (Å²) in [7, 11) is 0. The number of urea groups is 1. The van der Waals surface area contributed by atoms with E-state index in [0.29, 0.717) is 22.8 Å². The minimum absolute atomic E-state index is 0.103. The summed E-state index contributed by atoms with van der Waals surface area (Å²) >= 11 is 1.52. The Morgan fingerprint density at radius 3 is 2.47 bits per heavy atom. The van der Waals surface area contributed by atoms with Crippen molar-refractivity contribution in [2.24, 2.45) is 0 Å². The SMILES string of the molecule is Cc1cc(C)cc(NC(=O)Nc2ccccc2SCc2cc(=O)n3cc(C)ccc3n2)c1. The molecule has 32 heavy (non-hydrogen) atoms. The molecule has 0 atom stereocenters. The first kappa shape index (κ1) is 21.6. The van der Waals surface area contributed by atoms with Crippen molar-refractivity contribution in [1.82, 2.24) is 9.38 Å². The third kappa shape index (κ3) is 5.18. The van der Waals surface area contributed by atoms with E-state index >= 15 is 0 Å². The minimum atomic E-state index is -0.305. The Kier molecular flexibility index (Phi) is 6.28. The van der Waals surface area contributed by atoms with Crippen LogP contribution in [0.2, 0.25) is 0 Å². The second-order valence-corrected chi connectivity index (χ2v) is 8.78. The van der Waals surface area contributed by atoms with Crippen molar-refractivity contribution in [1.29, 1.82) is 0 Å². The maximum atomic E-state index is 12.6. The third-order valence-electron chi connectivity index (χ3n) is 4.85. The predicted octanol–water partition coefficient (Wildman–Crippen LogP) is 5.56. The van der Waals surface area contributed by atoms with Gasteiger partial charge in [-0.05, 0) is 67.8 Å². The maximum absolute atomic E-state index is 12.6. The van der Waals surface area contributed by atoms with Crippen molar-refractivity contribution in [3.8, 4) is 0 Å². The molecule has 4 rings (SSSR count). The maximum Gasteiger partial charge on any atom is 0.323 e. The van der Waals surface area contributed by atoms with Gasteiger partial charge in [0.05, 0.1) is 11.4 Å². The minimum Gasteiger partial charge on any atom is -0.308 e. The molecule has 0 saturated carbocycles. The van der Waals surface area contributed by atoms with Crippen molar-refractivity contribution in [2.75, 3.05) is 10.6 Å². The quantitative estimate of drug-likeness (QED) is 0.395. The smallest absolute Gasteiger partial charge is 0.308 e. The zero-order valence-electron chi connectivity index (χ0n) is 18.2. The van der Waals surface area contributed by atoms with E-state index in [4.69, 9.17) is 0 Å². The van der Waals surface area contributed by atoms with E-state index in [9.17, 15) is 9.59 Å². The van der Waals surface area contributed by atoms with Crippen molar-refractivity contribution < 1.29 is 4.79 Å². The van der Waals surface area contributed by atoms with Crippen LogP contribution in [0.25, 0.3) is 5.65 Å². The summed E-state index contributed by atoms with van der Waals surface area (Å²) in [5.74, 6) is 0.511. The molecule has 0 aliphatic heterocycles. The highest BCUT2D eigenvalue weighted by molar-refractivity contribution is 7.98. The number of anilines is 2. The Hall–Kier alpha value is -3.58. The van der Waals surface area contributed by atoms with Gasteiger partial charge >= 0.3 is 6.03 Å². The highest BCUT2D eigenvalue weighted by Gasteiger charge is 2.10. The number of fused-ring (bicyclic) bond motifs is 1. The Morgan fingerprint density at radius 2 is 1.69 bits per heavy atom. The molecule has 6 nitrogen and oxygen atoms in total. The zero-order valence-corrected chi connectivity index (χ0v) is 19.0. The van der Waals surface area contributed by atoms with Gasteiger partial charge in [-0.25, -0.2) is 9.78 Å². The van der Waals surface area contributed by atoms with Gasteiger partial charge in [0, 0.05) is 28.6 Å². The van der Waals surface area contributed by atoms with Crippen molar-refractivity contribution >= 4 is 34.8 Å². The second-order valence-electron chi connectivity index (χ2n) is 7.76. The number of hydrogen-bond donors (Lipinski definition) is 2. The molecule has 2 heterocycles. The first-order chi connectivity index (χ1) is 15.4. The first-order valence-electron chi connectivity index (χ1n) is 10.2. The van der Waals surface area contributed by atoms with E-state index in [1.165, 1.54) is 11.8 Å². The van der Waals surface area contributed by atoms with Crippen LogP contribution in [0.15, 0.2) is 76.6 Å². The fourth-order valence-corrected chi connectivity index (χ4v) is 4.41. The number of carbonyl (C=O) groups excluding carboxylic acids is 1. The van der Waals surface area contributed by atoms with Crippen LogP contribution in [0.4, 0.5) is 16.2 Å². The van der Waals surface area contributed by atoms with Gasteiger partial charge in [-0.1, -0.05) is 24.3 Å². The number of para-hydroxylation sites is 1. The number of hydrogen-bond acceptors (Lipinski definition) is 4. The largest absolute Gasteiger partial charge is 0.323 e. The van der Waals surface area contributed by atoms with Crippen molar-refractivity contribution in [3.05, 3.63) is 99.6 Å². The summed E-state index contributed by atoms with van der Waals surface area (Å²) in [6, 6.07) is 18.5. The lowest BCUT2D eigenvalue weighted by Gasteiger charge is -2.12. The van der Waals surface area contributed by atoms with Crippen LogP contribution in [-0.4, -0.2) is 15.4 Å². The van der Waals surface area contributed by atoms with Crippen LogP contribution < -0.4 is 16.2 Å². The van der Waals surface area contributed by atoms with Gasteiger partial charge in [-0.2, -0.15) is 0 Å². The molecule has 0 spiro atoms. The second kappa shape index (κ2) is 9.28. The first-order valence-corrected chi connectivity index (χ1v) is 11.2. The molecule has 2 N–H and O–H groups in total. The molecule has 162 valence electrons. The number of thioether (sulfide) groups is 1. The van der Waals surface area contributed by atoms with Gasteiger partial charge in [-0.15, -0.1) is 11.8 Å². The average Bonchev–Trinajstić information content (AvgIpc) is 2.73. The molecular formula is C25H24N4O2S. The summed E-state index contributed by atoms with van der Waals surface area (Å²) < 4.78 is 1.55. The molecule has 2 amide bonds. The lowest BCUT2D eigenvalue weighted by molar-refractivity contribution is 0.262. The summed E-state index contributed by atoms with van der Waals surface area (Å²) in [4.78, 5) is 30.5. The normalized spacial score (nSPS) is 10.8. The Morgan fingerprint density at radius 1 is 0.938 bits per heavy atom. The standard InChI is InChI=1S/C25H24N4O2S/c1-16-8-9-23-26-20(13-24(30)29(23)14-16)15-32-22-7-5-4-6-21(22)28-25(31)27-19-11-17(2)10-18(3)12-19/h4-14H,15H2,1-3H3,(H2,27,28,31). The number of amides is 2. The number of rotatable bonds is 5. The van der Waals surface area contributed by atoms with Crippen LogP contribution in [0.5, 0.6) is 0 Å². The molecule has 0 bridgehead atoms. The number of aromatic nitrogens is 2. The Labute approximate surface area is 190 Å². The lowest BCUT2D eigenvalue weighted by Crippen LogP contribution is -2.20. The predicted molar refractivity (Wildman–Crippen MR) is 131 cm³/mol. The molecule has 0 fully saturated rings. The van der Waals surface area contributed by atoms with Crippen molar-refractivity contribution in [2.45, 2.75) is 31.4 Å². The topological polar surface area (TPSA) is 75.5 Å². The van der Waals surface area contributed by atoms with E-state index in [-0.39, 0.29) is 11.6 Å². The number of pyridine rings is 1. The number of nitrogens with one attached hydrogen (secondary N) is 2. The summed E-state index contributed by atoms with van der Waals surface area (Å²) in [5, 5.41) is 5.81. The molecule has 4 aromatic rings. The van der Waals surface area contributed by atoms with E-state index < -0.39 is 0 Å². The van der Waals surface area contributed by atoms with E-state index in [2.05, 4.69) is 21.7 Å². The third-order valence-corrected chi connectivity index (χ3v) is 5.96. The highest BCUT2D eigenvalue weighted by Crippen LogP contribution is 2.29. The van der Waals surface area contributed by atoms with Gasteiger partial charge in [0.1, 0.15) is 5.65 Å². The highest BCUT2D eigenvalue weighted by atomic mass is 32.2. The fourth-order valence-electron chi connectivity index (χ4n) is 3.51. The molecule has 0 unspecified atom stereocenters.